The summed E-state index contributed by atoms with van der Waals surface area (Å²) in [5, 5.41) is 13.2. The van der Waals surface area contributed by atoms with Crippen LogP contribution < -0.4 is 4.90 Å². The maximum absolute atomic E-state index is 2.41. The molecular formula is C42H29NS. The van der Waals surface area contributed by atoms with Crippen LogP contribution in [0.4, 0.5) is 17.1 Å². The zero-order valence-corrected chi connectivity index (χ0v) is 25.5. The standard InChI is InChI=1S/C42H29NS/c1-26-9-7-12-29(23-26)43(30-13-8-10-27(2)24-30)31-18-20-36-39(25-31)34-16-6-5-15-33(34)35-21-22-38-37-19-17-28-11-3-4-14-32(28)41(37)44-42(38)40(35)36/h3-25H,1-2H3. The molecule has 44 heavy (non-hydrogen) atoms. The first kappa shape index (κ1) is 25.3. The van der Waals surface area contributed by atoms with E-state index in [2.05, 4.69) is 158 Å². The van der Waals surface area contributed by atoms with Crippen molar-refractivity contribution in [3.8, 4) is 0 Å². The first-order valence-corrected chi connectivity index (χ1v) is 16.0. The van der Waals surface area contributed by atoms with Crippen LogP contribution in [0, 0.1) is 13.8 Å². The van der Waals surface area contributed by atoms with Gasteiger partial charge in [-0.15, -0.1) is 11.3 Å². The fourth-order valence-corrected chi connectivity index (χ4v) is 8.50. The second-order valence-corrected chi connectivity index (χ2v) is 12.9. The monoisotopic (exact) mass is 579 g/mol. The molecule has 208 valence electrons. The molecule has 0 aliphatic carbocycles. The van der Waals surface area contributed by atoms with Crippen LogP contribution in [0.3, 0.4) is 0 Å². The second-order valence-electron chi connectivity index (χ2n) is 11.9. The highest BCUT2D eigenvalue weighted by Crippen LogP contribution is 2.47. The van der Waals surface area contributed by atoms with Gasteiger partial charge < -0.3 is 4.90 Å². The topological polar surface area (TPSA) is 3.24 Å². The Kier molecular flexibility index (Phi) is 5.57. The first-order chi connectivity index (χ1) is 21.6. The molecule has 0 aliphatic rings. The van der Waals surface area contributed by atoms with Crippen molar-refractivity contribution in [1.29, 1.82) is 0 Å². The molecule has 1 aromatic heterocycles. The number of nitrogens with zero attached hydrogens (tertiary/aromatic N) is 1. The minimum absolute atomic E-state index is 1.16. The van der Waals surface area contributed by atoms with Crippen molar-refractivity contribution in [2.45, 2.75) is 13.8 Å². The van der Waals surface area contributed by atoms with E-state index >= 15 is 0 Å². The van der Waals surface area contributed by atoms with Gasteiger partial charge in [-0.05, 0) is 99.1 Å². The Bertz CT molecular complexity index is 2540. The van der Waals surface area contributed by atoms with Crippen molar-refractivity contribution in [2.24, 2.45) is 0 Å². The Morgan fingerprint density at radius 3 is 1.66 bits per heavy atom. The van der Waals surface area contributed by atoms with Crippen molar-refractivity contribution >= 4 is 91.7 Å². The quantitative estimate of drug-likeness (QED) is 0.188. The molecule has 0 bridgehead atoms. The Balaban J connectivity index is 1.40. The Labute approximate surface area is 260 Å². The SMILES string of the molecule is Cc1cccc(N(c2cccc(C)c2)c2ccc3c(c2)c2ccccc2c2ccc4c5ccc6ccccc6c5sc4c23)c1. The van der Waals surface area contributed by atoms with Crippen molar-refractivity contribution in [3.05, 3.63) is 151 Å². The number of hydrogen-bond donors (Lipinski definition) is 0. The molecule has 0 N–H and O–H groups in total. The maximum Gasteiger partial charge on any atom is 0.0468 e. The minimum atomic E-state index is 1.16. The third kappa shape index (κ3) is 3.78. The lowest BCUT2D eigenvalue weighted by atomic mass is 9.92. The summed E-state index contributed by atoms with van der Waals surface area (Å²) in [6, 6.07) is 51.6. The largest absolute Gasteiger partial charge is 0.310 e. The summed E-state index contributed by atoms with van der Waals surface area (Å²) in [5.41, 5.74) is 5.99. The summed E-state index contributed by atoms with van der Waals surface area (Å²) < 4.78 is 2.74. The van der Waals surface area contributed by atoms with Gasteiger partial charge in [0.05, 0.1) is 0 Å². The molecule has 9 rings (SSSR count). The normalized spacial score (nSPS) is 11.9. The molecule has 9 aromatic rings. The lowest BCUT2D eigenvalue weighted by Crippen LogP contribution is -2.10. The van der Waals surface area contributed by atoms with E-state index in [1.54, 1.807) is 0 Å². The van der Waals surface area contributed by atoms with Gasteiger partial charge in [0.25, 0.3) is 0 Å². The molecule has 0 aliphatic heterocycles. The highest BCUT2D eigenvalue weighted by atomic mass is 32.1. The predicted octanol–water partition coefficient (Wildman–Crippen LogP) is 12.8. The summed E-state index contributed by atoms with van der Waals surface area (Å²) in [7, 11) is 0. The van der Waals surface area contributed by atoms with Crippen LogP contribution in [-0.2, 0) is 0 Å². The van der Waals surface area contributed by atoms with Gasteiger partial charge in [0.1, 0.15) is 0 Å². The van der Waals surface area contributed by atoms with Crippen LogP contribution in [0.15, 0.2) is 140 Å². The van der Waals surface area contributed by atoms with E-state index in [1.807, 2.05) is 11.3 Å². The molecule has 0 unspecified atom stereocenters. The third-order valence-corrected chi connectivity index (χ3v) is 10.4. The summed E-state index contributed by atoms with van der Waals surface area (Å²) >= 11 is 1.94. The Hall–Kier alpha value is -5.18. The van der Waals surface area contributed by atoms with E-state index in [0.717, 1.165) is 5.69 Å². The highest BCUT2D eigenvalue weighted by Gasteiger charge is 2.18. The molecule has 1 heterocycles. The smallest absolute Gasteiger partial charge is 0.0468 e. The minimum Gasteiger partial charge on any atom is -0.310 e. The van der Waals surface area contributed by atoms with E-state index in [4.69, 9.17) is 0 Å². The van der Waals surface area contributed by atoms with Gasteiger partial charge >= 0.3 is 0 Å². The number of benzene rings is 8. The molecule has 1 nitrogen and oxygen atoms in total. The van der Waals surface area contributed by atoms with Gasteiger partial charge in [0, 0.05) is 42.6 Å². The zero-order chi connectivity index (χ0) is 29.4. The molecule has 8 aromatic carbocycles. The Morgan fingerprint density at radius 1 is 0.386 bits per heavy atom. The Morgan fingerprint density at radius 2 is 0.932 bits per heavy atom. The molecule has 0 saturated carbocycles. The fraction of sp³-hybridized carbons (Fsp3) is 0.0476. The van der Waals surface area contributed by atoms with Crippen molar-refractivity contribution in [2.75, 3.05) is 4.90 Å². The van der Waals surface area contributed by atoms with Crippen LogP contribution in [0.2, 0.25) is 0 Å². The molecule has 2 heteroatoms. The molecule has 0 fully saturated rings. The van der Waals surface area contributed by atoms with Gasteiger partial charge in [-0.3, -0.25) is 0 Å². The number of fused-ring (bicyclic) bond motifs is 12. The van der Waals surface area contributed by atoms with Gasteiger partial charge in [-0.25, -0.2) is 0 Å². The first-order valence-electron chi connectivity index (χ1n) is 15.2. The lowest BCUT2D eigenvalue weighted by molar-refractivity contribution is 1.26. The van der Waals surface area contributed by atoms with E-state index in [1.165, 1.54) is 85.8 Å². The van der Waals surface area contributed by atoms with E-state index < -0.39 is 0 Å². The number of hydrogen-bond acceptors (Lipinski definition) is 2. The van der Waals surface area contributed by atoms with Crippen molar-refractivity contribution < 1.29 is 0 Å². The van der Waals surface area contributed by atoms with Crippen LogP contribution in [-0.4, -0.2) is 0 Å². The van der Waals surface area contributed by atoms with Crippen molar-refractivity contribution in [1.82, 2.24) is 0 Å². The van der Waals surface area contributed by atoms with Gasteiger partial charge in [-0.1, -0.05) is 103 Å². The summed E-state index contributed by atoms with van der Waals surface area (Å²) in [5.74, 6) is 0. The number of thiophene rings is 1. The summed E-state index contributed by atoms with van der Waals surface area (Å²) in [6.07, 6.45) is 0. The molecule has 0 saturated heterocycles. The van der Waals surface area contributed by atoms with Gasteiger partial charge in [0.2, 0.25) is 0 Å². The predicted molar refractivity (Wildman–Crippen MR) is 194 cm³/mol. The van der Waals surface area contributed by atoms with E-state index in [0.29, 0.717) is 0 Å². The summed E-state index contributed by atoms with van der Waals surface area (Å²) in [4.78, 5) is 2.39. The van der Waals surface area contributed by atoms with Crippen LogP contribution in [0.25, 0.3) is 63.3 Å². The van der Waals surface area contributed by atoms with Gasteiger partial charge in [0.15, 0.2) is 0 Å². The van der Waals surface area contributed by atoms with Gasteiger partial charge in [-0.2, -0.15) is 0 Å². The zero-order valence-electron chi connectivity index (χ0n) is 24.6. The molecule has 0 amide bonds. The molecule has 0 radical (unpaired) electrons. The van der Waals surface area contributed by atoms with Crippen molar-refractivity contribution in [3.63, 3.8) is 0 Å². The third-order valence-electron chi connectivity index (χ3n) is 9.09. The molecular weight excluding hydrogens is 551 g/mol. The summed E-state index contributed by atoms with van der Waals surface area (Å²) in [6.45, 7) is 4.33. The average Bonchev–Trinajstić information content (AvgIpc) is 3.44. The van der Waals surface area contributed by atoms with E-state index in [-0.39, 0.29) is 0 Å². The number of rotatable bonds is 3. The van der Waals surface area contributed by atoms with Crippen LogP contribution >= 0.6 is 11.3 Å². The number of aryl methyl sites for hydroxylation is 2. The number of anilines is 3. The van der Waals surface area contributed by atoms with Crippen LogP contribution in [0.5, 0.6) is 0 Å². The lowest BCUT2D eigenvalue weighted by Gasteiger charge is -2.27. The van der Waals surface area contributed by atoms with Crippen LogP contribution in [0.1, 0.15) is 11.1 Å². The fourth-order valence-electron chi connectivity index (χ4n) is 7.11. The maximum atomic E-state index is 2.41. The molecule has 0 spiro atoms. The molecule has 0 atom stereocenters. The second kappa shape index (κ2) is 9.67. The average molecular weight is 580 g/mol. The highest BCUT2D eigenvalue weighted by molar-refractivity contribution is 7.27. The van der Waals surface area contributed by atoms with E-state index in [9.17, 15) is 0 Å².